The number of alkyl halides is 1. The summed E-state index contributed by atoms with van der Waals surface area (Å²) in [6, 6.07) is -0.336. The molecule has 1 aromatic rings. The van der Waals surface area contributed by atoms with Crippen molar-refractivity contribution < 1.29 is 24.2 Å². The Labute approximate surface area is 105 Å². The Kier molecular flexibility index (Phi) is 4.00. The number of carbonyl (C=O) groups excluding carboxylic acids is 2. The molecular weight excluding hydrogens is 296 g/mol. The largest absolute Gasteiger partial charge is 0.476 e. The number of halogens is 1. The maximum absolute atomic E-state index is 11.4. The molecule has 1 heterocycles. The molecule has 0 unspecified atom stereocenters. The van der Waals surface area contributed by atoms with Crippen molar-refractivity contribution in [2.45, 2.75) is 19.2 Å². The third-order valence-electron chi connectivity index (χ3n) is 1.82. The second-order valence-corrected chi connectivity index (χ2v) is 3.64. The van der Waals surface area contributed by atoms with Crippen molar-refractivity contribution in [3.05, 3.63) is 11.4 Å². The van der Waals surface area contributed by atoms with Crippen molar-refractivity contribution in [3.8, 4) is 6.01 Å². The van der Waals surface area contributed by atoms with Gasteiger partial charge in [-0.15, -0.1) is 0 Å². The van der Waals surface area contributed by atoms with Crippen molar-refractivity contribution >= 4 is 33.8 Å². The lowest BCUT2D eigenvalue weighted by molar-refractivity contribution is -0.132. The fraction of sp³-hybridized carbons (Fsp3) is 0.333. The lowest BCUT2D eigenvalue weighted by atomic mass is 10.3. The third-order valence-corrected chi connectivity index (χ3v) is 2.35. The minimum Gasteiger partial charge on any atom is -0.476 e. The number of aromatic carboxylic acids is 1. The van der Waals surface area contributed by atoms with E-state index in [1.165, 1.54) is 6.92 Å². The fourth-order valence-electron chi connectivity index (χ4n) is 1.25. The first-order chi connectivity index (χ1) is 7.88. The van der Waals surface area contributed by atoms with Gasteiger partial charge < -0.3 is 9.84 Å². The highest BCUT2D eigenvalue weighted by Gasteiger charge is 2.25. The maximum atomic E-state index is 11.4. The summed E-state index contributed by atoms with van der Waals surface area (Å²) >= 11 is 3.06. The Morgan fingerprint density at radius 2 is 2.00 bits per heavy atom. The van der Waals surface area contributed by atoms with Gasteiger partial charge in [0.1, 0.15) is 0 Å². The van der Waals surface area contributed by atoms with E-state index in [-0.39, 0.29) is 22.7 Å². The molecule has 0 fully saturated rings. The smallest absolute Gasteiger partial charge is 0.356 e. The van der Waals surface area contributed by atoms with Crippen LogP contribution in [0.2, 0.25) is 0 Å². The summed E-state index contributed by atoms with van der Waals surface area (Å²) in [7, 11) is 0. The number of hydrogen-bond acceptors (Lipinski definition) is 5. The standard InChI is InChI=1S/C9H9BrN2O5/c1-4(13)12-6(3-10)7(8(15)16)11-9(12)17-5(2)14/h3H2,1-2H3,(H,15,16). The van der Waals surface area contributed by atoms with Crippen LogP contribution in [-0.2, 0) is 10.1 Å². The molecule has 0 aliphatic heterocycles. The lowest BCUT2D eigenvalue weighted by Crippen LogP contribution is -2.14. The van der Waals surface area contributed by atoms with Crippen molar-refractivity contribution in [2.75, 3.05) is 0 Å². The van der Waals surface area contributed by atoms with Crippen LogP contribution in [0.3, 0.4) is 0 Å². The van der Waals surface area contributed by atoms with Crippen LogP contribution in [0.5, 0.6) is 6.01 Å². The summed E-state index contributed by atoms with van der Waals surface area (Å²) < 4.78 is 5.63. The molecule has 0 radical (unpaired) electrons. The molecular formula is C9H9BrN2O5. The Morgan fingerprint density at radius 1 is 1.41 bits per heavy atom. The second kappa shape index (κ2) is 5.09. The van der Waals surface area contributed by atoms with Gasteiger partial charge in [0.15, 0.2) is 5.69 Å². The number of aromatic nitrogens is 2. The number of carboxylic acids is 1. The summed E-state index contributed by atoms with van der Waals surface area (Å²) in [4.78, 5) is 36.7. The van der Waals surface area contributed by atoms with Crippen LogP contribution in [0.15, 0.2) is 0 Å². The quantitative estimate of drug-likeness (QED) is 0.662. The van der Waals surface area contributed by atoms with E-state index in [4.69, 9.17) is 5.11 Å². The molecule has 0 amide bonds. The highest BCUT2D eigenvalue weighted by atomic mass is 79.9. The monoisotopic (exact) mass is 304 g/mol. The van der Waals surface area contributed by atoms with Crippen LogP contribution in [0.25, 0.3) is 0 Å². The number of carbonyl (C=O) groups is 3. The fourth-order valence-corrected chi connectivity index (χ4v) is 1.76. The maximum Gasteiger partial charge on any atom is 0.356 e. The summed E-state index contributed by atoms with van der Waals surface area (Å²) in [6.45, 7) is 2.35. The molecule has 1 aromatic heterocycles. The first kappa shape index (κ1) is 13.4. The van der Waals surface area contributed by atoms with Crippen LogP contribution in [0.4, 0.5) is 0 Å². The van der Waals surface area contributed by atoms with E-state index in [0.717, 1.165) is 11.5 Å². The lowest BCUT2D eigenvalue weighted by Gasteiger charge is -2.04. The minimum atomic E-state index is -1.30. The zero-order chi connectivity index (χ0) is 13.2. The average molecular weight is 305 g/mol. The molecule has 8 heteroatoms. The van der Waals surface area contributed by atoms with E-state index in [1.807, 2.05) is 0 Å². The van der Waals surface area contributed by atoms with E-state index in [9.17, 15) is 14.4 Å². The average Bonchev–Trinajstić information content (AvgIpc) is 2.55. The van der Waals surface area contributed by atoms with Gasteiger partial charge in [-0.1, -0.05) is 15.9 Å². The topological polar surface area (TPSA) is 98.5 Å². The van der Waals surface area contributed by atoms with Crippen LogP contribution in [0.1, 0.15) is 34.8 Å². The predicted molar refractivity (Wildman–Crippen MR) is 59.4 cm³/mol. The molecule has 0 spiro atoms. The Morgan fingerprint density at radius 3 is 2.35 bits per heavy atom. The van der Waals surface area contributed by atoms with E-state index >= 15 is 0 Å². The zero-order valence-corrected chi connectivity index (χ0v) is 10.6. The third kappa shape index (κ3) is 2.70. The van der Waals surface area contributed by atoms with Crippen molar-refractivity contribution in [2.24, 2.45) is 0 Å². The number of carboxylic acid groups (broad SMARTS) is 1. The van der Waals surface area contributed by atoms with Crippen LogP contribution in [0, 0.1) is 0 Å². The van der Waals surface area contributed by atoms with Gasteiger partial charge in [0.2, 0.25) is 5.91 Å². The molecule has 0 aromatic carbocycles. The molecule has 0 saturated heterocycles. The molecule has 1 rings (SSSR count). The highest BCUT2D eigenvalue weighted by molar-refractivity contribution is 9.08. The Hall–Kier alpha value is -1.70. The van der Waals surface area contributed by atoms with Gasteiger partial charge in [-0.2, -0.15) is 4.98 Å². The van der Waals surface area contributed by atoms with Gasteiger partial charge in [-0.3, -0.25) is 9.59 Å². The summed E-state index contributed by atoms with van der Waals surface area (Å²) in [5, 5.41) is 9.00. The van der Waals surface area contributed by atoms with E-state index in [2.05, 4.69) is 25.7 Å². The molecule has 1 N–H and O–H groups in total. The molecule has 0 atom stereocenters. The molecule has 0 saturated carbocycles. The van der Waals surface area contributed by atoms with Crippen LogP contribution in [-0.4, -0.2) is 32.5 Å². The highest BCUT2D eigenvalue weighted by Crippen LogP contribution is 2.21. The van der Waals surface area contributed by atoms with Gasteiger partial charge in [-0.05, 0) is 0 Å². The first-order valence-electron chi connectivity index (χ1n) is 4.48. The van der Waals surface area contributed by atoms with Crippen molar-refractivity contribution in [1.29, 1.82) is 0 Å². The number of nitrogens with zero attached hydrogens (tertiary/aromatic N) is 2. The first-order valence-corrected chi connectivity index (χ1v) is 5.60. The van der Waals surface area contributed by atoms with E-state index in [1.54, 1.807) is 0 Å². The van der Waals surface area contributed by atoms with Gasteiger partial charge in [-0.25, -0.2) is 9.36 Å². The van der Waals surface area contributed by atoms with Gasteiger partial charge >= 0.3 is 17.9 Å². The number of ether oxygens (including phenoxy) is 1. The molecule has 0 aliphatic rings. The molecule has 0 aliphatic carbocycles. The molecule has 17 heavy (non-hydrogen) atoms. The SMILES string of the molecule is CC(=O)Oc1nc(C(=O)O)c(CBr)n1C(C)=O. The van der Waals surface area contributed by atoms with Gasteiger partial charge in [0, 0.05) is 19.2 Å². The van der Waals surface area contributed by atoms with Crippen LogP contribution < -0.4 is 4.74 Å². The number of imidazole rings is 1. The number of hydrogen-bond donors (Lipinski definition) is 1. The van der Waals surface area contributed by atoms with Crippen LogP contribution >= 0.6 is 15.9 Å². The van der Waals surface area contributed by atoms with E-state index < -0.39 is 17.8 Å². The number of esters is 1. The summed E-state index contributed by atoms with van der Waals surface area (Å²) in [5.41, 5.74) is -0.199. The Bertz CT molecular complexity index is 494. The normalized spacial score (nSPS) is 10.1. The second-order valence-electron chi connectivity index (χ2n) is 3.08. The Balaban J connectivity index is 3.43. The molecule has 0 bridgehead atoms. The number of rotatable bonds is 3. The van der Waals surface area contributed by atoms with Gasteiger partial charge in [0.05, 0.1) is 5.69 Å². The predicted octanol–water partition coefficient (Wildman–Crippen LogP) is 1.06. The van der Waals surface area contributed by atoms with Crippen molar-refractivity contribution in [1.82, 2.24) is 9.55 Å². The zero-order valence-electron chi connectivity index (χ0n) is 9.06. The molecule has 7 nitrogen and oxygen atoms in total. The van der Waals surface area contributed by atoms with Crippen molar-refractivity contribution in [3.63, 3.8) is 0 Å². The minimum absolute atomic E-state index is 0.0997. The summed E-state index contributed by atoms with van der Waals surface area (Å²) in [5.74, 6) is -2.47. The summed E-state index contributed by atoms with van der Waals surface area (Å²) in [6.07, 6.45) is 0. The van der Waals surface area contributed by atoms with Gasteiger partial charge in [0.25, 0.3) is 0 Å². The molecule has 92 valence electrons. The van der Waals surface area contributed by atoms with E-state index in [0.29, 0.717) is 0 Å².